The minimum Gasteiger partial charge on any atom is -0.492 e. The lowest BCUT2D eigenvalue weighted by atomic mass is 10.2. The normalized spacial score (nSPS) is 11.6. The third-order valence-electron chi connectivity index (χ3n) is 4.20. The Kier molecular flexibility index (Phi) is 5.73. The number of aromatic nitrogens is 2. The number of hydrogen-bond donors (Lipinski definition) is 2. The first kappa shape index (κ1) is 17.8. The van der Waals surface area contributed by atoms with Crippen molar-refractivity contribution >= 4 is 17.0 Å². The van der Waals surface area contributed by atoms with Crippen LogP contribution in [0.15, 0.2) is 53.5 Å². The maximum Gasteiger partial charge on any atom is 0.191 e. The van der Waals surface area contributed by atoms with Crippen LogP contribution in [0.2, 0.25) is 0 Å². The van der Waals surface area contributed by atoms with Crippen molar-refractivity contribution in [1.29, 1.82) is 0 Å². The van der Waals surface area contributed by atoms with E-state index in [4.69, 9.17) is 4.74 Å². The molecule has 6 heteroatoms. The number of aryl methyl sites for hydroxylation is 2. The third-order valence-corrected chi connectivity index (χ3v) is 4.20. The Morgan fingerprint density at radius 3 is 2.62 bits per heavy atom. The second-order valence-corrected chi connectivity index (χ2v) is 6.09. The largest absolute Gasteiger partial charge is 0.492 e. The summed E-state index contributed by atoms with van der Waals surface area (Å²) in [7, 11) is 3.78. The summed E-state index contributed by atoms with van der Waals surface area (Å²) in [5.74, 6) is 2.56. The van der Waals surface area contributed by atoms with E-state index in [-0.39, 0.29) is 0 Å². The van der Waals surface area contributed by atoms with Crippen LogP contribution in [0.1, 0.15) is 11.4 Å². The van der Waals surface area contributed by atoms with Gasteiger partial charge in [-0.15, -0.1) is 0 Å². The number of aliphatic imine (C=N–C) groups is 1. The van der Waals surface area contributed by atoms with Crippen molar-refractivity contribution in [3.63, 3.8) is 0 Å². The SMILES string of the molecule is CN=C(NCCOc1ccc(C)cc1)NCc1nc2ccccc2n1C. The van der Waals surface area contributed by atoms with Crippen LogP contribution < -0.4 is 15.4 Å². The second-order valence-electron chi connectivity index (χ2n) is 6.09. The third kappa shape index (κ3) is 4.33. The fraction of sp³-hybridized carbons (Fsp3) is 0.300. The van der Waals surface area contributed by atoms with E-state index in [1.807, 2.05) is 49.5 Å². The number of nitrogens with one attached hydrogen (secondary N) is 2. The van der Waals surface area contributed by atoms with Crippen LogP contribution in [-0.2, 0) is 13.6 Å². The van der Waals surface area contributed by atoms with E-state index >= 15 is 0 Å². The molecule has 136 valence electrons. The minimum absolute atomic E-state index is 0.566. The molecule has 0 atom stereocenters. The molecule has 0 unspecified atom stereocenters. The van der Waals surface area contributed by atoms with E-state index in [2.05, 4.69) is 38.2 Å². The molecule has 0 bridgehead atoms. The predicted molar refractivity (Wildman–Crippen MR) is 106 cm³/mol. The number of benzene rings is 2. The highest BCUT2D eigenvalue weighted by Crippen LogP contribution is 2.14. The Morgan fingerprint density at radius 2 is 1.88 bits per heavy atom. The van der Waals surface area contributed by atoms with Crippen LogP contribution in [0.25, 0.3) is 11.0 Å². The van der Waals surface area contributed by atoms with Gasteiger partial charge in [-0.1, -0.05) is 29.8 Å². The number of hydrogen-bond acceptors (Lipinski definition) is 3. The Bertz CT molecular complexity index is 883. The standard InChI is InChI=1S/C20H25N5O/c1-15-8-10-16(11-9-15)26-13-12-22-20(21-2)23-14-19-24-17-6-4-5-7-18(17)25(19)3/h4-11H,12-14H2,1-3H3,(H2,21,22,23). The number of fused-ring (bicyclic) bond motifs is 1. The second kappa shape index (κ2) is 8.38. The maximum atomic E-state index is 5.72. The summed E-state index contributed by atoms with van der Waals surface area (Å²) in [5, 5.41) is 6.55. The fourth-order valence-electron chi connectivity index (χ4n) is 2.71. The molecule has 26 heavy (non-hydrogen) atoms. The summed E-state index contributed by atoms with van der Waals surface area (Å²) in [5.41, 5.74) is 3.35. The summed E-state index contributed by atoms with van der Waals surface area (Å²) < 4.78 is 7.81. The highest BCUT2D eigenvalue weighted by molar-refractivity contribution is 5.80. The molecule has 0 aliphatic carbocycles. The van der Waals surface area contributed by atoms with Crippen molar-refractivity contribution < 1.29 is 4.74 Å². The van der Waals surface area contributed by atoms with Gasteiger partial charge in [-0.2, -0.15) is 0 Å². The van der Waals surface area contributed by atoms with Gasteiger partial charge in [-0.05, 0) is 31.2 Å². The van der Waals surface area contributed by atoms with Crippen molar-refractivity contribution in [3.8, 4) is 5.75 Å². The Balaban J connectivity index is 1.47. The van der Waals surface area contributed by atoms with Gasteiger partial charge in [0.25, 0.3) is 0 Å². The van der Waals surface area contributed by atoms with Crippen molar-refractivity contribution in [1.82, 2.24) is 20.2 Å². The van der Waals surface area contributed by atoms with E-state index in [0.717, 1.165) is 28.6 Å². The van der Waals surface area contributed by atoms with Gasteiger partial charge in [0.15, 0.2) is 5.96 Å². The first-order valence-corrected chi connectivity index (χ1v) is 8.71. The summed E-state index contributed by atoms with van der Waals surface area (Å²) in [6.45, 7) is 3.89. The Hall–Kier alpha value is -3.02. The highest BCUT2D eigenvalue weighted by Gasteiger charge is 2.07. The van der Waals surface area contributed by atoms with Gasteiger partial charge < -0.3 is 19.9 Å². The first-order valence-electron chi connectivity index (χ1n) is 8.71. The number of imidazole rings is 1. The van der Waals surface area contributed by atoms with Gasteiger partial charge in [0.2, 0.25) is 0 Å². The minimum atomic E-state index is 0.566. The predicted octanol–water partition coefficient (Wildman–Crippen LogP) is 2.63. The smallest absolute Gasteiger partial charge is 0.191 e. The quantitative estimate of drug-likeness (QED) is 0.407. The highest BCUT2D eigenvalue weighted by atomic mass is 16.5. The topological polar surface area (TPSA) is 63.5 Å². The maximum absolute atomic E-state index is 5.72. The molecule has 2 aromatic carbocycles. The monoisotopic (exact) mass is 351 g/mol. The van der Waals surface area contributed by atoms with E-state index in [1.54, 1.807) is 7.05 Å². The fourth-order valence-corrected chi connectivity index (χ4v) is 2.71. The van der Waals surface area contributed by atoms with E-state index in [0.29, 0.717) is 19.7 Å². The molecule has 0 aliphatic heterocycles. The van der Waals surface area contributed by atoms with Crippen molar-refractivity contribution in [3.05, 3.63) is 59.9 Å². The molecule has 0 saturated heterocycles. The van der Waals surface area contributed by atoms with Gasteiger partial charge in [0, 0.05) is 14.1 Å². The van der Waals surface area contributed by atoms with Gasteiger partial charge >= 0.3 is 0 Å². The van der Waals surface area contributed by atoms with E-state index in [9.17, 15) is 0 Å². The molecule has 3 rings (SSSR count). The van der Waals surface area contributed by atoms with Gasteiger partial charge in [0.05, 0.1) is 24.1 Å². The molecular formula is C20H25N5O. The van der Waals surface area contributed by atoms with Crippen molar-refractivity contribution in [2.75, 3.05) is 20.2 Å². The van der Waals surface area contributed by atoms with Crippen LogP contribution in [0.3, 0.4) is 0 Å². The molecule has 1 aromatic heterocycles. The summed E-state index contributed by atoms with van der Waals surface area (Å²) >= 11 is 0. The molecule has 0 amide bonds. The van der Waals surface area contributed by atoms with Gasteiger partial charge in [-0.3, -0.25) is 4.99 Å². The molecule has 6 nitrogen and oxygen atoms in total. The van der Waals surface area contributed by atoms with Gasteiger partial charge in [-0.25, -0.2) is 4.98 Å². The molecule has 0 saturated carbocycles. The lowest BCUT2D eigenvalue weighted by Gasteiger charge is -2.12. The van der Waals surface area contributed by atoms with E-state index < -0.39 is 0 Å². The lowest BCUT2D eigenvalue weighted by molar-refractivity contribution is 0.322. The molecule has 3 aromatic rings. The first-order chi connectivity index (χ1) is 12.7. The number of ether oxygens (including phenoxy) is 1. The molecule has 0 radical (unpaired) electrons. The van der Waals surface area contributed by atoms with Gasteiger partial charge in [0.1, 0.15) is 18.2 Å². The van der Waals surface area contributed by atoms with Crippen LogP contribution in [-0.4, -0.2) is 35.7 Å². The number of rotatable bonds is 6. The summed E-state index contributed by atoms with van der Waals surface area (Å²) in [6, 6.07) is 16.2. The molecule has 1 heterocycles. The molecule has 2 N–H and O–H groups in total. The van der Waals surface area contributed by atoms with Crippen molar-refractivity contribution in [2.45, 2.75) is 13.5 Å². The van der Waals surface area contributed by atoms with E-state index in [1.165, 1.54) is 5.56 Å². The van der Waals surface area contributed by atoms with Crippen LogP contribution in [0, 0.1) is 6.92 Å². The van der Waals surface area contributed by atoms with Crippen LogP contribution in [0.5, 0.6) is 5.75 Å². The molecular weight excluding hydrogens is 326 g/mol. The van der Waals surface area contributed by atoms with Crippen LogP contribution in [0.4, 0.5) is 0 Å². The Labute approximate surface area is 153 Å². The zero-order valence-corrected chi connectivity index (χ0v) is 15.5. The average molecular weight is 351 g/mol. The average Bonchev–Trinajstić information content (AvgIpc) is 2.99. The molecule has 0 aliphatic rings. The zero-order chi connectivity index (χ0) is 18.4. The van der Waals surface area contributed by atoms with Crippen molar-refractivity contribution in [2.24, 2.45) is 12.0 Å². The molecule has 0 spiro atoms. The zero-order valence-electron chi connectivity index (χ0n) is 15.5. The molecule has 0 fully saturated rings. The summed E-state index contributed by atoms with van der Waals surface area (Å²) in [6.07, 6.45) is 0. The van der Waals surface area contributed by atoms with Crippen LogP contribution >= 0.6 is 0 Å². The summed E-state index contributed by atoms with van der Waals surface area (Å²) in [4.78, 5) is 8.90. The lowest BCUT2D eigenvalue weighted by Crippen LogP contribution is -2.39. The number of nitrogens with zero attached hydrogens (tertiary/aromatic N) is 3. The Morgan fingerprint density at radius 1 is 1.12 bits per heavy atom. The number of para-hydroxylation sites is 2. The number of guanidine groups is 1.